The molecule has 0 saturated heterocycles. The molecule has 0 heterocycles. The molecule has 0 aliphatic heterocycles. The second-order valence-corrected chi connectivity index (χ2v) is 6.86. The van der Waals surface area contributed by atoms with Crippen molar-refractivity contribution in [2.45, 2.75) is 12.6 Å². The van der Waals surface area contributed by atoms with Gasteiger partial charge >= 0.3 is 0 Å². The third-order valence-electron chi connectivity index (χ3n) is 3.98. The van der Waals surface area contributed by atoms with Crippen LogP contribution in [-0.4, -0.2) is 23.6 Å². The summed E-state index contributed by atoms with van der Waals surface area (Å²) in [5.74, 6) is 0. The molecule has 1 atom stereocenters. The first kappa shape index (κ1) is 16.2. The number of rotatable bonds is 5. The molecule has 3 aromatic rings. The van der Waals surface area contributed by atoms with Crippen LogP contribution < -0.4 is 0 Å². The number of hydrogen-bond donors (Lipinski definition) is 1. The quantitative estimate of drug-likeness (QED) is 0.700. The largest absolute Gasteiger partial charge is 0.387 e. The average molecular weight is 370 g/mol. The van der Waals surface area contributed by atoms with Gasteiger partial charge in [-0.3, -0.25) is 4.90 Å². The molecule has 0 bridgehead atoms. The van der Waals surface area contributed by atoms with Crippen molar-refractivity contribution < 1.29 is 5.11 Å². The van der Waals surface area contributed by atoms with Gasteiger partial charge in [0.2, 0.25) is 0 Å². The highest BCUT2D eigenvalue weighted by Gasteiger charge is 2.11. The van der Waals surface area contributed by atoms with Crippen LogP contribution in [0.4, 0.5) is 0 Å². The lowest BCUT2D eigenvalue weighted by Crippen LogP contribution is -2.24. The molecule has 118 valence electrons. The number of benzene rings is 3. The molecule has 1 N–H and O–H groups in total. The van der Waals surface area contributed by atoms with Crippen molar-refractivity contribution in [3.8, 4) is 0 Å². The molecule has 0 aromatic heterocycles. The van der Waals surface area contributed by atoms with E-state index >= 15 is 0 Å². The molecule has 3 rings (SSSR count). The molecule has 1 unspecified atom stereocenters. The Morgan fingerprint density at radius 2 is 1.74 bits per heavy atom. The van der Waals surface area contributed by atoms with Gasteiger partial charge in [0.15, 0.2) is 0 Å². The van der Waals surface area contributed by atoms with Crippen LogP contribution >= 0.6 is 15.9 Å². The van der Waals surface area contributed by atoms with Gasteiger partial charge in [-0.25, -0.2) is 0 Å². The number of halogens is 1. The zero-order valence-electron chi connectivity index (χ0n) is 13.1. The van der Waals surface area contributed by atoms with Crippen LogP contribution in [0.15, 0.2) is 71.2 Å². The standard InChI is InChI=1S/C20H20BrNO/c1-22(13-15-5-4-8-19(21)11-15)14-20(23)18-10-9-16-6-2-3-7-17(16)12-18/h2-12,20,23H,13-14H2,1H3. The number of likely N-dealkylation sites (N-methyl/N-ethyl adjacent to an activating group) is 1. The summed E-state index contributed by atoms with van der Waals surface area (Å²) in [6.45, 7) is 1.41. The lowest BCUT2D eigenvalue weighted by atomic mass is 10.0. The van der Waals surface area contributed by atoms with Crippen molar-refractivity contribution in [1.82, 2.24) is 4.90 Å². The minimum atomic E-state index is -0.489. The predicted octanol–water partition coefficient (Wildman–Crippen LogP) is 4.77. The smallest absolute Gasteiger partial charge is 0.0917 e. The van der Waals surface area contributed by atoms with Gasteiger partial charge in [0.05, 0.1) is 6.10 Å². The van der Waals surface area contributed by atoms with Crippen LogP contribution in [0.25, 0.3) is 10.8 Å². The molecule has 0 aliphatic rings. The molecule has 0 aliphatic carbocycles. The van der Waals surface area contributed by atoms with E-state index in [1.165, 1.54) is 16.3 Å². The Kier molecular flexibility index (Phi) is 5.11. The van der Waals surface area contributed by atoms with Crippen molar-refractivity contribution in [1.29, 1.82) is 0 Å². The summed E-state index contributed by atoms with van der Waals surface area (Å²) >= 11 is 3.49. The van der Waals surface area contributed by atoms with Gasteiger partial charge in [0.25, 0.3) is 0 Å². The topological polar surface area (TPSA) is 23.5 Å². The Bertz CT molecular complexity index is 802. The molecule has 23 heavy (non-hydrogen) atoms. The van der Waals surface area contributed by atoms with Crippen LogP contribution in [0.2, 0.25) is 0 Å². The molecular weight excluding hydrogens is 350 g/mol. The van der Waals surface area contributed by atoms with Crippen molar-refractivity contribution in [2.24, 2.45) is 0 Å². The summed E-state index contributed by atoms with van der Waals surface area (Å²) in [7, 11) is 2.03. The van der Waals surface area contributed by atoms with Gasteiger partial charge < -0.3 is 5.11 Å². The summed E-state index contributed by atoms with van der Waals surface area (Å²) in [5, 5.41) is 12.9. The van der Waals surface area contributed by atoms with E-state index in [2.05, 4.69) is 57.2 Å². The fraction of sp³-hybridized carbons (Fsp3) is 0.200. The van der Waals surface area contributed by atoms with Gasteiger partial charge in [0, 0.05) is 17.6 Å². The van der Waals surface area contributed by atoms with E-state index in [-0.39, 0.29) is 0 Å². The zero-order chi connectivity index (χ0) is 16.2. The summed E-state index contributed by atoms with van der Waals surface area (Å²) in [4.78, 5) is 2.14. The molecule has 2 nitrogen and oxygen atoms in total. The Balaban J connectivity index is 1.68. The maximum absolute atomic E-state index is 10.5. The number of aliphatic hydroxyl groups excluding tert-OH is 1. The minimum absolute atomic E-state index is 0.489. The van der Waals surface area contributed by atoms with Gasteiger partial charge in [0.1, 0.15) is 0 Å². The molecular formula is C20H20BrNO. The Morgan fingerprint density at radius 1 is 0.957 bits per heavy atom. The molecule has 0 spiro atoms. The van der Waals surface area contributed by atoms with Crippen molar-refractivity contribution in [2.75, 3.05) is 13.6 Å². The summed E-state index contributed by atoms with van der Waals surface area (Å²) in [6.07, 6.45) is -0.489. The first-order valence-corrected chi connectivity index (χ1v) is 8.51. The van der Waals surface area contributed by atoms with E-state index < -0.39 is 6.10 Å². The summed E-state index contributed by atoms with van der Waals surface area (Å²) in [5.41, 5.74) is 2.19. The zero-order valence-corrected chi connectivity index (χ0v) is 14.7. The molecule has 3 heteroatoms. The second kappa shape index (κ2) is 7.26. The average Bonchev–Trinajstić information content (AvgIpc) is 2.54. The number of aliphatic hydroxyl groups is 1. The van der Waals surface area contributed by atoms with Gasteiger partial charge in [-0.05, 0) is 47.1 Å². The normalized spacial score (nSPS) is 12.7. The van der Waals surface area contributed by atoms with E-state index in [0.717, 1.165) is 16.6 Å². The van der Waals surface area contributed by atoms with Gasteiger partial charge in [-0.15, -0.1) is 0 Å². The Labute approximate surface area is 145 Å². The third kappa shape index (κ3) is 4.20. The lowest BCUT2D eigenvalue weighted by Gasteiger charge is -2.21. The first-order chi connectivity index (χ1) is 11.1. The number of hydrogen-bond acceptors (Lipinski definition) is 2. The maximum Gasteiger partial charge on any atom is 0.0917 e. The van der Waals surface area contributed by atoms with Crippen LogP contribution in [0.3, 0.4) is 0 Å². The van der Waals surface area contributed by atoms with Gasteiger partial charge in [-0.1, -0.05) is 64.5 Å². The van der Waals surface area contributed by atoms with Crippen molar-refractivity contribution in [3.63, 3.8) is 0 Å². The van der Waals surface area contributed by atoms with E-state index in [9.17, 15) is 5.11 Å². The predicted molar refractivity (Wildman–Crippen MR) is 99.4 cm³/mol. The number of fused-ring (bicyclic) bond motifs is 1. The molecule has 3 aromatic carbocycles. The molecule has 0 radical (unpaired) electrons. The number of nitrogens with zero attached hydrogens (tertiary/aromatic N) is 1. The van der Waals surface area contributed by atoms with E-state index in [4.69, 9.17) is 0 Å². The molecule has 0 fully saturated rings. The second-order valence-electron chi connectivity index (χ2n) is 5.95. The molecule has 0 amide bonds. The van der Waals surface area contributed by atoms with Crippen LogP contribution in [-0.2, 0) is 6.54 Å². The fourth-order valence-corrected chi connectivity index (χ4v) is 3.27. The highest BCUT2D eigenvalue weighted by Crippen LogP contribution is 2.21. The van der Waals surface area contributed by atoms with E-state index in [0.29, 0.717) is 6.54 Å². The summed E-state index contributed by atoms with van der Waals surface area (Å²) < 4.78 is 1.08. The van der Waals surface area contributed by atoms with E-state index in [1.807, 2.05) is 37.4 Å². The van der Waals surface area contributed by atoms with Crippen molar-refractivity contribution >= 4 is 26.7 Å². The Morgan fingerprint density at radius 3 is 2.52 bits per heavy atom. The fourth-order valence-electron chi connectivity index (χ4n) is 2.83. The first-order valence-electron chi connectivity index (χ1n) is 7.71. The van der Waals surface area contributed by atoms with Crippen molar-refractivity contribution in [3.05, 3.63) is 82.3 Å². The van der Waals surface area contributed by atoms with Crippen LogP contribution in [0, 0.1) is 0 Å². The highest BCUT2D eigenvalue weighted by atomic mass is 79.9. The van der Waals surface area contributed by atoms with Crippen LogP contribution in [0.5, 0.6) is 0 Å². The minimum Gasteiger partial charge on any atom is -0.387 e. The highest BCUT2D eigenvalue weighted by molar-refractivity contribution is 9.10. The third-order valence-corrected chi connectivity index (χ3v) is 4.48. The monoisotopic (exact) mass is 369 g/mol. The maximum atomic E-state index is 10.5. The SMILES string of the molecule is CN(Cc1cccc(Br)c1)CC(O)c1ccc2ccccc2c1. The van der Waals surface area contributed by atoms with E-state index in [1.54, 1.807) is 0 Å². The molecule has 0 saturated carbocycles. The Hall–Kier alpha value is -1.68. The lowest BCUT2D eigenvalue weighted by molar-refractivity contribution is 0.124. The van der Waals surface area contributed by atoms with Crippen LogP contribution in [0.1, 0.15) is 17.2 Å². The summed E-state index contributed by atoms with van der Waals surface area (Å²) in [6, 6.07) is 22.7. The van der Waals surface area contributed by atoms with Gasteiger partial charge in [-0.2, -0.15) is 0 Å².